The summed E-state index contributed by atoms with van der Waals surface area (Å²) in [5.74, 6) is 1.89. The first kappa shape index (κ1) is 16.8. The van der Waals surface area contributed by atoms with Crippen molar-refractivity contribution in [3.05, 3.63) is 42.5 Å². The van der Waals surface area contributed by atoms with Gasteiger partial charge in [0.15, 0.2) is 0 Å². The highest BCUT2D eigenvalue weighted by Gasteiger charge is 2.24. The van der Waals surface area contributed by atoms with Crippen molar-refractivity contribution in [2.75, 3.05) is 36.0 Å². The zero-order valence-corrected chi connectivity index (χ0v) is 14.8. The molecule has 0 radical (unpaired) electrons. The molecule has 26 heavy (non-hydrogen) atoms. The number of anilines is 2. The second-order valence-corrected chi connectivity index (χ2v) is 6.93. The zero-order valence-electron chi connectivity index (χ0n) is 14.8. The van der Waals surface area contributed by atoms with Crippen LogP contribution in [0.4, 0.5) is 11.6 Å². The maximum atomic E-state index is 12.4. The molecule has 0 spiro atoms. The predicted octanol–water partition coefficient (Wildman–Crippen LogP) is 1.87. The molecule has 2 aromatic heterocycles. The van der Waals surface area contributed by atoms with Gasteiger partial charge in [-0.15, -0.1) is 0 Å². The van der Waals surface area contributed by atoms with E-state index < -0.39 is 0 Å². The summed E-state index contributed by atoms with van der Waals surface area (Å²) in [6, 6.07) is 5.76. The summed E-state index contributed by atoms with van der Waals surface area (Å²) in [5.41, 5.74) is 0.600. The molecule has 4 heterocycles. The largest absolute Gasteiger partial charge is 0.356 e. The summed E-state index contributed by atoms with van der Waals surface area (Å²) >= 11 is 0. The number of rotatable bonds is 4. The molecule has 0 saturated carbocycles. The second-order valence-electron chi connectivity index (χ2n) is 6.93. The van der Waals surface area contributed by atoms with Crippen LogP contribution in [0.1, 0.15) is 36.0 Å². The standard InChI is InChI=1S/C19H24N6O/c26-19(15-5-3-7-20-12-15)23-16-6-4-10-25(13-16)18-11-17(21-14-22-18)24-8-1-2-9-24/h3,5,7,11-12,14,16H,1-2,4,6,8-10,13H2,(H,23,26)/t16-/m0/s1. The van der Waals surface area contributed by atoms with E-state index in [0.717, 1.165) is 50.7 Å². The van der Waals surface area contributed by atoms with Crippen LogP contribution in [0.15, 0.2) is 36.9 Å². The molecule has 0 aromatic carbocycles. The normalized spacial score (nSPS) is 20.2. The van der Waals surface area contributed by atoms with Crippen LogP contribution < -0.4 is 15.1 Å². The fourth-order valence-electron chi connectivity index (χ4n) is 3.70. The van der Waals surface area contributed by atoms with Crippen molar-refractivity contribution in [1.82, 2.24) is 20.3 Å². The molecule has 1 N–H and O–H groups in total. The van der Waals surface area contributed by atoms with E-state index in [4.69, 9.17) is 0 Å². The Morgan fingerprint density at radius 3 is 2.62 bits per heavy atom. The molecule has 1 atom stereocenters. The molecule has 2 saturated heterocycles. The molecule has 2 aromatic rings. The minimum atomic E-state index is -0.0645. The Balaban J connectivity index is 1.42. The molecular weight excluding hydrogens is 328 g/mol. The third-order valence-electron chi connectivity index (χ3n) is 5.07. The summed E-state index contributed by atoms with van der Waals surface area (Å²) in [6.07, 6.45) is 9.39. The molecule has 2 aliphatic rings. The molecule has 0 bridgehead atoms. The van der Waals surface area contributed by atoms with Gasteiger partial charge in [0.1, 0.15) is 18.0 Å². The summed E-state index contributed by atoms with van der Waals surface area (Å²) < 4.78 is 0. The summed E-state index contributed by atoms with van der Waals surface area (Å²) in [6.45, 7) is 3.86. The number of aromatic nitrogens is 3. The van der Waals surface area contributed by atoms with E-state index in [2.05, 4.69) is 36.1 Å². The number of pyridine rings is 1. The molecule has 2 aliphatic heterocycles. The van der Waals surface area contributed by atoms with Crippen molar-refractivity contribution < 1.29 is 4.79 Å². The van der Waals surface area contributed by atoms with E-state index in [0.29, 0.717) is 5.56 Å². The zero-order chi connectivity index (χ0) is 17.8. The lowest BCUT2D eigenvalue weighted by molar-refractivity contribution is 0.0932. The lowest BCUT2D eigenvalue weighted by Crippen LogP contribution is -2.48. The molecule has 0 aliphatic carbocycles. The highest BCUT2D eigenvalue weighted by Crippen LogP contribution is 2.23. The molecule has 7 heteroatoms. The highest BCUT2D eigenvalue weighted by molar-refractivity contribution is 5.94. The van der Waals surface area contributed by atoms with Crippen LogP contribution in [0.25, 0.3) is 0 Å². The van der Waals surface area contributed by atoms with Gasteiger partial charge in [0.25, 0.3) is 5.91 Å². The first-order valence-electron chi connectivity index (χ1n) is 9.32. The van der Waals surface area contributed by atoms with Crippen LogP contribution in [0.3, 0.4) is 0 Å². The van der Waals surface area contributed by atoms with Gasteiger partial charge in [-0.1, -0.05) is 0 Å². The molecule has 7 nitrogen and oxygen atoms in total. The molecule has 1 amide bonds. The quantitative estimate of drug-likeness (QED) is 0.905. The van der Waals surface area contributed by atoms with Crippen LogP contribution in [0.5, 0.6) is 0 Å². The fraction of sp³-hybridized carbons (Fsp3) is 0.474. The average Bonchev–Trinajstić information content (AvgIpc) is 3.24. The lowest BCUT2D eigenvalue weighted by Gasteiger charge is -2.34. The highest BCUT2D eigenvalue weighted by atomic mass is 16.1. The molecule has 136 valence electrons. The Hall–Kier alpha value is -2.70. The smallest absolute Gasteiger partial charge is 0.253 e. The Kier molecular flexibility index (Phi) is 4.95. The van der Waals surface area contributed by atoms with Crippen LogP contribution in [0.2, 0.25) is 0 Å². The summed E-state index contributed by atoms with van der Waals surface area (Å²) in [4.78, 5) is 29.9. The average molecular weight is 352 g/mol. The number of carbonyl (C=O) groups excluding carboxylic acids is 1. The van der Waals surface area contributed by atoms with Crippen molar-refractivity contribution in [2.45, 2.75) is 31.7 Å². The number of hydrogen-bond acceptors (Lipinski definition) is 6. The second kappa shape index (κ2) is 7.68. The van der Waals surface area contributed by atoms with Crippen molar-refractivity contribution >= 4 is 17.5 Å². The van der Waals surface area contributed by atoms with Gasteiger partial charge in [-0.05, 0) is 37.8 Å². The third-order valence-corrected chi connectivity index (χ3v) is 5.07. The first-order valence-corrected chi connectivity index (χ1v) is 9.32. The predicted molar refractivity (Wildman–Crippen MR) is 100 cm³/mol. The van der Waals surface area contributed by atoms with Gasteiger partial charge in [-0.3, -0.25) is 9.78 Å². The number of carbonyl (C=O) groups is 1. The Labute approximate surface area is 153 Å². The van der Waals surface area contributed by atoms with E-state index in [1.807, 2.05) is 0 Å². The van der Waals surface area contributed by atoms with Crippen LogP contribution >= 0.6 is 0 Å². The summed E-state index contributed by atoms with van der Waals surface area (Å²) in [5, 5.41) is 3.13. The van der Waals surface area contributed by atoms with Gasteiger partial charge in [0.2, 0.25) is 0 Å². The minimum absolute atomic E-state index is 0.0645. The van der Waals surface area contributed by atoms with Gasteiger partial charge in [0, 0.05) is 50.7 Å². The lowest BCUT2D eigenvalue weighted by atomic mass is 10.1. The maximum absolute atomic E-state index is 12.4. The van der Waals surface area contributed by atoms with Crippen LogP contribution in [-0.2, 0) is 0 Å². The van der Waals surface area contributed by atoms with Gasteiger partial charge in [-0.2, -0.15) is 0 Å². The fourth-order valence-corrected chi connectivity index (χ4v) is 3.70. The van der Waals surface area contributed by atoms with Gasteiger partial charge in [-0.25, -0.2) is 9.97 Å². The Morgan fingerprint density at radius 1 is 1.08 bits per heavy atom. The van der Waals surface area contributed by atoms with E-state index >= 15 is 0 Å². The maximum Gasteiger partial charge on any atom is 0.253 e. The molecule has 4 rings (SSSR count). The van der Waals surface area contributed by atoms with Crippen molar-refractivity contribution in [3.8, 4) is 0 Å². The van der Waals surface area contributed by atoms with E-state index in [1.165, 1.54) is 12.8 Å². The minimum Gasteiger partial charge on any atom is -0.356 e. The van der Waals surface area contributed by atoms with Gasteiger partial charge in [0.05, 0.1) is 5.56 Å². The van der Waals surface area contributed by atoms with Crippen molar-refractivity contribution in [1.29, 1.82) is 0 Å². The molecular formula is C19H24N6O. The SMILES string of the molecule is O=C(N[C@H]1CCCN(c2cc(N3CCCC3)ncn2)C1)c1cccnc1. The number of piperidine rings is 1. The number of hydrogen-bond donors (Lipinski definition) is 1. The Morgan fingerprint density at radius 2 is 1.85 bits per heavy atom. The number of amides is 1. The van der Waals surface area contributed by atoms with E-state index in [9.17, 15) is 4.79 Å². The first-order chi connectivity index (χ1) is 12.8. The Bertz CT molecular complexity index is 747. The molecule has 0 unspecified atom stereocenters. The van der Waals surface area contributed by atoms with E-state index in [-0.39, 0.29) is 11.9 Å². The third kappa shape index (κ3) is 3.76. The van der Waals surface area contributed by atoms with Crippen LogP contribution in [0, 0.1) is 0 Å². The number of nitrogens with one attached hydrogen (secondary N) is 1. The van der Waals surface area contributed by atoms with Gasteiger partial charge < -0.3 is 15.1 Å². The number of nitrogens with zero attached hydrogens (tertiary/aromatic N) is 5. The summed E-state index contributed by atoms with van der Waals surface area (Å²) in [7, 11) is 0. The molecule has 2 fully saturated rings. The van der Waals surface area contributed by atoms with Crippen LogP contribution in [-0.4, -0.2) is 53.1 Å². The van der Waals surface area contributed by atoms with Gasteiger partial charge >= 0.3 is 0 Å². The topological polar surface area (TPSA) is 74.2 Å². The van der Waals surface area contributed by atoms with Crippen molar-refractivity contribution in [2.24, 2.45) is 0 Å². The van der Waals surface area contributed by atoms with E-state index in [1.54, 1.807) is 30.9 Å². The monoisotopic (exact) mass is 352 g/mol. The van der Waals surface area contributed by atoms with Crippen molar-refractivity contribution in [3.63, 3.8) is 0 Å².